The fraction of sp³-hybridized carbons (Fsp3) is 0.348. The second-order valence-corrected chi connectivity index (χ2v) is 7.37. The Labute approximate surface area is 180 Å². The SMILES string of the molecule is O=C(NC1CNCCC(C(=O)OCc2ccccc2)C1C(=O)O)OCc1ccccc1. The van der Waals surface area contributed by atoms with Crippen molar-refractivity contribution in [1.29, 1.82) is 0 Å². The summed E-state index contributed by atoms with van der Waals surface area (Å²) < 4.78 is 10.6. The maximum atomic E-state index is 12.7. The number of carboxylic acid groups (broad SMARTS) is 1. The molecule has 0 saturated carbocycles. The topological polar surface area (TPSA) is 114 Å². The van der Waals surface area contributed by atoms with Gasteiger partial charge >= 0.3 is 18.0 Å². The van der Waals surface area contributed by atoms with E-state index in [1.54, 1.807) is 0 Å². The van der Waals surface area contributed by atoms with E-state index in [4.69, 9.17) is 9.47 Å². The van der Waals surface area contributed by atoms with Crippen LogP contribution in [0.25, 0.3) is 0 Å². The van der Waals surface area contributed by atoms with Crippen LogP contribution in [-0.4, -0.2) is 42.3 Å². The zero-order valence-corrected chi connectivity index (χ0v) is 17.0. The molecule has 164 valence electrons. The molecule has 3 N–H and O–H groups in total. The van der Waals surface area contributed by atoms with Crippen LogP contribution in [-0.2, 0) is 32.3 Å². The summed E-state index contributed by atoms with van der Waals surface area (Å²) in [6, 6.07) is 17.5. The van der Waals surface area contributed by atoms with E-state index in [-0.39, 0.29) is 19.8 Å². The molecule has 0 radical (unpaired) electrons. The van der Waals surface area contributed by atoms with E-state index in [1.165, 1.54) is 0 Å². The van der Waals surface area contributed by atoms with Crippen molar-refractivity contribution in [3.63, 3.8) is 0 Å². The first kappa shape index (κ1) is 22.3. The number of amides is 1. The van der Waals surface area contributed by atoms with E-state index in [0.29, 0.717) is 13.0 Å². The first-order valence-corrected chi connectivity index (χ1v) is 10.2. The summed E-state index contributed by atoms with van der Waals surface area (Å²) in [4.78, 5) is 37.0. The van der Waals surface area contributed by atoms with Crippen LogP contribution in [0.1, 0.15) is 17.5 Å². The Kier molecular flexibility index (Phi) is 8.00. The predicted molar refractivity (Wildman–Crippen MR) is 112 cm³/mol. The molecule has 1 amide bonds. The lowest BCUT2D eigenvalue weighted by atomic mass is 9.84. The van der Waals surface area contributed by atoms with Gasteiger partial charge in [0.05, 0.1) is 17.9 Å². The Balaban J connectivity index is 1.62. The van der Waals surface area contributed by atoms with Crippen LogP contribution >= 0.6 is 0 Å². The van der Waals surface area contributed by atoms with Crippen LogP contribution in [0.15, 0.2) is 60.7 Å². The Morgan fingerprint density at radius 2 is 1.52 bits per heavy atom. The van der Waals surface area contributed by atoms with Gasteiger partial charge in [-0.15, -0.1) is 0 Å². The van der Waals surface area contributed by atoms with Crippen molar-refractivity contribution in [2.24, 2.45) is 11.8 Å². The highest BCUT2D eigenvalue weighted by atomic mass is 16.5. The molecule has 0 spiro atoms. The monoisotopic (exact) mass is 426 g/mol. The molecular weight excluding hydrogens is 400 g/mol. The van der Waals surface area contributed by atoms with E-state index in [0.717, 1.165) is 11.1 Å². The summed E-state index contributed by atoms with van der Waals surface area (Å²) >= 11 is 0. The van der Waals surface area contributed by atoms with Crippen molar-refractivity contribution in [3.05, 3.63) is 71.8 Å². The number of carboxylic acids is 1. The van der Waals surface area contributed by atoms with E-state index >= 15 is 0 Å². The average Bonchev–Trinajstić information content (AvgIpc) is 3.00. The molecule has 2 aromatic carbocycles. The van der Waals surface area contributed by atoms with Crippen LogP contribution in [0.5, 0.6) is 0 Å². The van der Waals surface area contributed by atoms with Gasteiger partial charge in [-0.25, -0.2) is 4.79 Å². The van der Waals surface area contributed by atoms with Gasteiger partial charge in [-0.2, -0.15) is 0 Å². The standard InChI is InChI=1S/C23H26N2O6/c26-21(27)20-18(22(28)30-14-16-7-3-1-4-8-16)11-12-24-13-19(20)25-23(29)31-15-17-9-5-2-6-10-17/h1-10,18-20,24H,11-15H2,(H,25,29)(H,26,27). The molecule has 0 aliphatic carbocycles. The maximum Gasteiger partial charge on any atom is 0.407 e. The molecule has 8 heteroatoms. The van der Waals surface area contributed by atoms with Crippen molar-refractivity contribution in [2.75, 3.05) is 13.1 Å². The van der Waals surface area contributed by atoms with Crippen molar-refractivity contribution in [2.45, 2.75) is 25.7 Å². The number of aliphatic carboxylic acids is 1. The summed E-state index contributed by atoms with van der Waals surface area (Å²) in [6.45, 7) is 0.770. The van der Waals surface area contributed by atoms with Crippen LogP contribution in [0.4, 0.5) is 4.79 Å². The molecule has 3 atom stereocenters. The fourth-order valence-corrected chi connectivity index (χ4v) is 3.60. The smallest absolute Gasteiger partial charge is 0.407 e. The number of rotatable bonds is 7. The van der Waals surface area contributed by atoms with Gasteiger partial charge in [0.1, 0.15) is 13.2 Å². The van der Waals surface area contributed by atoms with E-state index in [2.05, 4.69) is 10.6 Å². The quantitative estimate of drug-likeness (QED) is 0.582. The van der Waals surface area contributed by atoms with Gasteiger partial charge in [-0.1, -0.05) is 60.7 Å². The number of hydrogen-bond donors (Lipinski definition) is 3. The Morgan fingerprint density at radius 1 is 0.935 bits per heavy atom. The van der Waals surface area contributed by atoms with Crippen LogP contribution < -0.4 is 10.6 Å². The van der Waals surface area contributed by atoms with Crippen molar-refractivity contribution in [1.82, 2.24) is 10.6 Å². The minimum absolute atomic E-state index is 0.0626. The Morgan fingerprint density at radius 3 is 2.10 bits per heavy atom. The lowest BCUT2D eigenvalue weighted by Gasteiger charge is -2.27. The second kappa shape index (κ2) is 11.1. The van der Waals surface area contributed by atoms with Gasteiger partial charge in [0, 0.05) is 6.54 Å². The molecule has 1 saturated heterocycles. The summed E-state index contributed by atoms with van der Waals surface area (Å²) in [5, 5.41) is 15.5. The third-order valence-corrected chi connectivity index (χ3v) is 5.19. The summed E-state index contributed by atoms with van der Waals surface area (Å²) in [5.74, 6) is -3.79. The van der Waals surface area contributed by atoms with Gasteiger partial charge in [-0.05, 0) is 24.1 Å². The molecule has 3 unspecified atom stereocenters. The largest absolute Gasteiger partial charge is 0.481 e. The molecule has 1 fully saturated rings. The lowest BCUT2D eigenvalue weighted by molar-refractivity contribution is -0.159. The normalized spacial score (nSPS) is 20.8. The van der Waals surface area contributed by atoms with Crippen LogP contribution in [0.2, 0.25) is 0 Å². The van der Waals surface area contributed by atoms with Crippen molar-refractivity contribution in [3.8, 4) is 0 Å². The number of carbonyl (C=O) groups is 3. The third kappa shape index (κ3) is 6.55. The lowest BCUT2D eigenvalue weighted by Crippen LogP contribution is -2.50. The zero-order chi connectivity index (χ0) is 22.1. The van der Waals surface area contributed by atoms with Crippen LogP contribution in [0, 0.1) is 11.8 Å². The molecule has 0 aromatic heterocycles. The molecular formula is C23H26N2O6. The Bertz CT molecular complexity index is 874. The molecule has 1 heterocycles. The van der Waals surface area contributed by atoms with Gasteiger partial charge in [-0.3, -0.25) is 9.59 Å². The zero-order valence-electron chi connectivity index (χ0n) is 17.0. The van der Waals surface area contributed by atoms with Crippen LogP contribution in [0.3, 0.4) is 0 Å². The second-order valence-electron chi connectivity index (χ2n) is 7.37. The number of benzene rings is 2. The highest BCUT2D eigenvalue weighted by Gasteiger charge is 2.42. The molecule has 0 bridgehead atoms. The first-order valence-electron chi connectivity index (χ1n) is 10.2. The molecule has 2 aromatic rings. The summed E-state index contributed by atoms with van der Waals surface area (Å²) in [6.07, 6.45) is -0.442. The number of ether oxygens (including phenoxy) is 2. The number of esters is 1. The highest BCUT2D eigenvalue weighted by Crippen LogP contribution is 2.25. The average molecular weight is 426 g/mol. The number of nitrogens with one attached hydrogen (secondary N) is 2. The van der Waals surface area contributed by atoms with Gasteiger partial charge in [0.2, 0.25) is 0 Å². The van der Waals surface area contributed by atoms with E-state index < -0.39 is 35.9 Å². The van der Waals surface area contributed by atoms with Gasteiger partial charge < -0.3 is 25.2 Å². The van der Waals surface area contributed by atoms with E-state index in [9.17, 15) is 19.5 Å². The van der Waals surface area contributed by atoms with Crippen molar-refractivity contribution >= 4 is 18.0 Å². The third-order valence-electron chi connectivity index (χ3n) is 5.19. The minimum atomic E-state index is -1.17. The first-order chi connectivity index (χ1) is 15.0. The van der Waals surface area contributed by atoms with E-state index in [1.807, 2.05) is 60.7 Å². The number of carbonyl (C=O) groups excluding carboxylic acids is 2. The fourth-order valence-electron chi connectivity index (χ4n) is 3.60. The number of alkyl carbamates (subject to hydrolysis) is 1. The maximum absolute atomic E-state index is 12.7. The molecule has 8 nitrogen and oxygen atoms in total. The Hall–Kier alpha value is -3.39. The van der Waals surface area contributed by atoms with Gasteiger partial charge in [0.25, 0.3) is 0 Å². The summed E-state index contributed by atoms with van der Waals surface area (Å²) in [7, 11) is 0. The predicted octanol–water partition coefficient (Wildman–Crippen LogP) is 2.34. The summed E-state index contributed by atoms with van der Waals surface area (Å²) in [5.41, 5.74) is 1.63. The molecule has 1 aliphatic rings. The minimum Gasteiger partial charge on any atom is -0.481 e. The highest BCUT2D eigenvalue weighted by molar-refractivity contribution is 5.82. The molecule has 1 aliphatic heterocycles. The molecule has 31 heavy (non-hydrogen) atoms. The molecule has 3 rings (SSSR count). The number of hydrogen-bond acceptors (Lipinski definition) is 6. The van der Waals surface area contributed by atoms with Gasteiger partial charge in [0.15, 0.2) is 0 Å². The van der Waals surface area contributed by atoms with Crippen molar-refractivity contribution < 1.29 is 29.0 Å².